The van der Waals surface area contributed by atoms with Crippen molar-refractivity contribution in [3.05, 3.63) is 122 Å². The Labute approximate surface area is 593 Å². The van der Waals surface area contributed by atoms with Gasteiger partial charge in [0.2, 0.25) is 0 Å². The van der Waals surface area contributed by atoms with Crippen LogP contribution in [0.1, 0.15) is 297 Å². The number of esters is 4. The fourth-order valence-corrected chi connectivity index (χ4v) is 11.3. The lowest BCUT2D eigenvalue weighted by atomic mass is 10.1. The minimum atomic E-state index is -5.00. The van der Waals surface area contributed by atoms with E-state index in [-0.39, 0.29) is 25.7 Å². The third-order valence-electron chi connectivity index (χ3n) is 15.5. The molecule has 0 aromatic carbocycles. The van der Waals surface area contributed by atoms with Gasteiger partial charge in [0.05, 0.1) is 32.8 Å². The molecule has 0 saturated carbocycles. The number of hydrogen-bond acceptors (Lipinski definition) is 15. The number of hydrogen-bond donors (Lipinski definition) is 3. The molecular weight excluding hydrogens is 1280 g/mol. The number of allylic oxidation sites excluding steroid dienone is 19. The van der Waals surface area contributed by atoms with E-state index < -0.39 is 97.5 Å². The molecule has 0 rings (SSSR count). The summed E-state index contributed by atoms with van der Waals surface area (Å²) < 4.78 is 68.2. The van der Waals surface area contributed by atoms with Gasteiger partial charge in [-0.3, -0.25) is 37.3 Å². The molecule has 17 nitrogen and oxygen atoms in total. The van der Waals surface area contributed by atoms with Crippen LogP contribution in [0.5, 0.6) is 0 Å². The van der Waals surface area contributed by atoms with Gasteiger partial charge in [-0.2, -0.15) is 0 Å². The van der Waals surface area contributed by atoms with Crippen molar-refractivity contribution in [1.82, 2.24) is 0 Å². The second-order valence-electron chi connectivity index (χ2n) is 24.8. The maximum atomic E-state index is 13.1. The Kier molecular flexibility index (Phi) is 67.6. The summed E-state index contributed by atoms with van der Waals surface area (Å²) in [4.78, 5) is 72.7. The Bertz CT molecular complexity index is 2340. The van der Waals surface area contributed by atoms with Gasteiger partial charge in [0.1, 0.15) is 19.3 Å². The Morgan fingerprint density at radius 1 is 0.306 bits per heavy atom. The van der Waals surface area contributed by atoms with E-state index in [1.54, 1.807) is 12.2 Å². The molecule has 0 aliphatic rings. The zero-order valence-corrected chi connectivity index (χ0v) is 63.0. The number of unbranched alkanes of at least 4 members (excludes halogenated alkanes) is 25. The SMILES string of the molecule is CC/C=C\C/C=C\C/C=C\C/C=C\C/C=C\CC(=O)OC(COC(=O)CCCCCC/C=C\C/C=C\C/C=C\C/C=C\CC)COP(=O)(O)OCC(O)COP(=O)(O)OCC(COC(=O)CCCCCCC/C=C\CCCCCCCC)OC(=O)CCCCCCCCCCCCC. The Morgan fingerprint density at radius 3 is 0.918 bits per heavy atom. The van der Waals surface area contributed by atoms with E-state index in [1.807, 2.05) is 12.2 Å². The van der Waals surface area contributed by atoms with Crippen LogP contribution in [0.4, 0.5) is 0 Å². The molecule has 0 aliphatic carbocycles. The number of carbonyl (C=O) groups is 4. The van der Waals surface area contributed by atoms with Crippen LogP contribution in [0.25, 0.3) is 0 Å². The van der Waals surface area contributed by atoms with E-state index in [9.17, 15) is 43.2 Å². The normalized spacial score (nSPS) is 14.6. The molecule has 0 aromatic heterocycles. The molecule has 0 spiro atoms. The van der Waals surface area contributed by atoms with Gasteiger partial charge in [0, 0.05) is 19.3 Å². The molecule has 0 fully saturated rings. The summed E-state index contributed by atoms with van der Waals surface area (Å²) >= 11 is 0. The van der Waals surface area contributed by atoms with E-state index in [4.69, 9.17) is 37.0 Å². The molecule has 5 unspecified atom stereocenters. The number of phosphoric ester groups is 2. The van der Waals surface area contributed by atoms with Gasteiger partial charge in [-0.25, -0.2) is 9.13 Å². The van der Waals surface area contributed by atoms with Crippen molar-refractivity contribution in [2.75, 3.05) is 39.6 Å². The molecule has 0 bridgehead atoms. The maximum Gasteiger partial charge on any atom is 0.472 e. The smallest absolute Gasteiger partial charge is 0.462 e. The first kappa shape index (κ1) is 93.5. The van der Waals surface area contributed by atoms with Crippen molar-refractivity contribution in [2.45, 2.75) is 316 Å². The number of carbonyl (C=O) groups excluding carboxylic acids is 4. The zero-order chi connectivity index (χ0) is 71.8. The third kappa shape index (κ3) is 69.9. The predicted octanol–water partition coefficient (Wildman–Crippen LogP) is 21.6. The van der Waals surface area contributed by atoms with Crippen molar-refractivity contribution in [1.29, 1.82) is 0 Å². The first-order valence-electron chi connectivity index (χ1n) is 37.8. The highest BCUT2D eigenvalue weighted by Crippen LogP contribution is 2.45. The van der Waals surface area contributed by atoms with Crippen LogP contribution in [-0.4, -0.2) is 96.7 Å². The molecule has 0 aromatic rings. The van der Waals surface area contributed by atoms with Crippen molar-refractivity contribution < 1.29 is 80.2 Å². The number of aliphatic hydroxyl groups is 1. The number of ether oxygens (including phenoxy) is 4. The highest BCUT2D eigenvalue weighted by atomic mass is 31.2. The van der Waals surface area contributed by atoms with E-state index in [0.29, 0.717) is 25.7 Å². The monoisotopic (exact) mass is 1420 g/mol. The number of rotatable bonds is 70. The number of phosphoric acid groups is 2. The fraction of sp³-hybridized carbons (Fsp3) is 0.696. The molecule has 5 atom stereocenters. The van der Waals surface area contributed by atoms with Crippen LogP contribution in [0.15, 0.2) is 122 Å². The first-order chi connectivity index (χ1) is 47.7. The Morgan fingerprint density at radius 2 is 0.571 bits per heavy atom. The van der Waals surface area contributed by atoms with Crippen LogP contribution < -0.4 is 0 Å². The second kappa shape index (κ2) is 70.9. The van der Waals surface area contributed by atoms with Gasteiger partial charge in [-0.15, -0.1) is 0 Å². The van der Waals surface area contributed by atoms with Crippen LogP contribution in [0.2, 0.25) is 0 Å². The molecule has 19 heteroatoms. The summed E-state index contributed by atoms with van der Waals surface area (Å²) in [6.07, 6.45) is 76.6. The topological polar surface area (TPSA) is 237 Å². The van der Waals surface area contributed by atoms with Crippen LogP contribution in [-0.2, 0) is 65.4 Å². The average Bonchev–Trinajstić information content (AvgIpc) is 0.980. The van der Waals surface area contributed by atoms with Crippen LogP contribution >= 0.6 is 15.6 Å². The van der Waals surface area contributed by atoms with Crippen molar-refractivity contribution in [3.8, 4) is 0 Å². The Balaban J connectivity index is 5.42. The van der Waals surface area contributed by atoms with E-state index in [2.05, 4.69) is 125 Å². The summed E-state index contributed by atoms with van der Waals surface area (Å²) in [7, 11) is -9.98. The Hall–Kier alpha value is -4.54. The van der Waals surface area contributed by atoms with E-state index in [1.165, 1.54) is 77.0 Å². The quantitative estimate of drug-likeness (QED) is 0.0169. The lowest BCUT2D eigenvalue weighted by molar-refractivity contribution is -0.161. The van der Waals surface area contributed by atoms with Crippen LogP contribution in [0.3, 0.4) is 0 Å². The molecule has 0 saturated heterocycles. The fourth-order valence-electron chi connectivity index (χ4n) is 9.75. The summed E-state index contributed by atoms with van der Waals surface area (Å²) in [6, 6.07) is 0. The van der Waals surface area contributed by atoms with Crippen LogP contribution in [0, 0.1) is 0 Å². The number of aliphatic hydroxyl groups excluding tert-OH is 1. The van der Waals surface area contributed by atoms with Crippen molar-refractivity contribution >= 4 is 39.5 Å². The highest BCUT2D eigenvalue weighted by Gasteiger charge is 2.30. The summed E-state index contributed by atoms with van der Waals surface area (Å²) in [5.74, 6) is -2.36. The summed E-state index contributed by atoms with van der Waals surface area (Å²) in [5, 5.41) is 10.6. The standard InChI is InChI=1S/C79H134O17P2/c1-5-9-13-17-21-25-29-32-35-36-39-41-45-48-52-56-60-64-77(82)90-70-75(96-79(84)66-62-58-54-50-46-42-38-34-31-27-23-19-15-11-7-3)72-94-98(87,88)92-68-73(80)67-91-97(85,86)93-71-74(95-78(83)65-61-57-53-49-43-28-24-20-16-12-8-4)69-89-76(81)63-59-55-51-47-44-40-37-33-30-26-22-18-14-10-6-2/h9,11,13,15,21,23,25,27,32-35,37-39,41,46,50,58,62,73-75,80H,5-8,10,12,14,16-20,22,24,26,28-31,36,40,42-45,47-49,51-57,59-61,63-72H2,1-4H3,(H,85,86)(H,87,88)/b13-9-,15-11-,25-21-,27-23-,35-32-,37-33-,38-34-,41-39-,50-46-,62-58-. The minimum Gasteiger partial charge on any atom is -0.462 e. The molecule has 0 aliphatic heterocycles. The lowest BCUT2D eigenvalue weighted by Crippen LogP contribution is -2.30. The third-order valence-corrected chi connectivity index (χ3v) is 17.4. The zero-order valence-electron chi connectivity index (χ0n) is 61.2. The van der Waals surface area contributed by atoms with Gasteiger partial charge in [0.15, 0.2) is 12.2 Å². The molecule has 562 valence electrons. The second-order valence-corrected chi connectivity index (χ2v) is 27.8. The minimum absolute atomic E-state index is 0.0919. The molecule has 98 heavy (non-hydrogen) atoms. The first-order valence-corrected chi connectivity index (χ1v) is 40.8. The van der Waals surface area contributed by atoms with E-state index >= 15 is 0 Å². The average molecular weight is 1420 g/mol. The van der Waals surface area contributed by atoms with Crippen molar-refractivity contribution in [3.63, 3.8) is 0 Å². The predicted molar refractivity (Wildman–Crippen MR) is 399 cm³/mol. The van der Waals surface area contributed by atoms with Gasteiger partial charge in [-0.1, -0.05) is 278 Å². The van der Waals surface area contributed by atoms with E-state index in [0.717, 1.165) is 141 Å². The van der Waals surface area contributed by atoms with Gasteiger partial charge < -0.3 is 33.8 Å². The van der Waals surface area contributed by atoms with Gasteiger partial charge >= 0.3 is 39.5 Å². The summed E-state index contributed by atoms with van der Waals surface area (Å²) in [6.45, 7) is 4.48. The molecule has 0 heterocycles. The molecule has 0 radical (unpaired) electrons. The molecule has 0 amide bonds. The maximum absolute atomic E-state index is 13.1. The largest absolute Gasteiger partial charge is 0.472 e. The summed E-state index contributed by atoms with van der Waals surface area (Å²) in [5.41, 5.74) is 0. The molecular formula is C79H134O17P2. The molecule has 3 N–H and O–H groups in total. The lowest BCUT2D eigenvalue weighted by Gasteiger charge is -2.21. The highest BCUT2D eigenvalue weighted by molar-refractivity contribution is 7.47. The van der Waals surface area contributed by atoms with Gasteiger partial charge in [0.25, 0.3) is 0 Å². The van der Waals surface area contributed by atoms with Gasteiger partial charge in [-0.05, 0) is 116 Å². The van der Waals surface area contributed by atoms with Crippen molar-refractivity contribution in [2.24, 2.45) is 0 Å².